The summed E-state index contributed by atoms with van der Waals surface area (Å²) in [4.78, 5) is 17.6. The summed E-state index contributed by atoms with van der Waals surface area (Å²) >= 11 is 6.03. The summed E-state index contributed by atoms with van der Waals surface area (Å²) in [6.45, 7) is 4.13. The number of hydrogen-bond acceptors (Lipinski definition) is 4. The van der Waals surface area contributed by atoms with Crippen molar-refractivity contribution in [2.24, 2.45) is 0 Å². The Balaban J connectivity index is 1.82. The molecule has 1 aliphatic carbocycles. The number of ether oxygens (including phenoxy) is 2. The summed E-state index contributed by atoms with van der Waals surface area (Å²) in [5, 5.41) is 0.445. The van der Waals surface area contributed by atoms with E-state index in [1.807, 2.05) is 32.0 Å². The van der Waals surface area contributed by atoms with Gasteiger partial charge in [-0.15, -0.1) is 0 Å². The van der Waals surface area contributed by atoms with Crippen molar-refractivity contribution in [1.29, 1.82) is 0 Å². The molecule has 5 heteroatoms. The molecule has 0 saturated carbocycles. The average molecular weight is 330 g/mol. The standard InChI is InChI=1S/C18H16ClNO3/c1-10-7-15(19)20-12-5-6-18(2,17(21)16(10)12)11-3-4-13-14(8-11)23-9-22-13/h3-4,7-8H,5-6,9H2,1-2H3. The van der Waals surface area contributed by atoms with Crippen LogP contribution in [0.4, 0.5) is 0 Å². The summed E-state index contributed by atoms with van der Waals surface area (Å²) in [6, 6.07) is 7.50. The molecule has 1 aromatic heterocycles. The molecule has 1 atom stereocenters. The second-order valence-corrected chi connectivity index (χ2v) is 6.70. The fourth-order valence-electron chi connectivity index (χ4n) is 3.46. The molecule has 0 bridgehead atoms. The Morgan fingerprint density at radius 2 is 2.00 bits per heavy atom. The van der Waals surface area contributed by atoms with Crippen LogP contribution >= 0.6 is 11.6 Å². The molecule has 23 heavy (non-hydrogen) atoms. The normalized spacial score (nSPS) is 22.1. The number of carbonyl (C=O) groups excluding carboxylic acids is 1. The van der Waals surface area contributed by atoms with Gasteiger partial charge in [0.05, 0.1) is 11.1 Å². The summed E-state index contributed by atoms with van der Waals surface area (Å²) in [5.74, 6) is 1.53. The number of fused-ring (bicyclic) bond motifs is 2. The van der Waals surface area contributed by atoms with Gasteiger partial charge < -0.3 is 9.47 Å². The predicted octanol–water partition coefficient (Wildman–Crippen LogP) is 3.86. The summed E-state index contributed by atoms with van der Waals surface area (Å²) in [7, 11) is 0. The molecule has 0 fully saturated rings. The third-order valence-electron chi connectivity index (χ3n) is 4.86. The second-order valence-electron chi connectivity index (χ2n) is 6.31. The Kier molecular flexibility index (Phi) is 3.13. The first kappa shape index (κ1) is 14.5. The molecule has 4 rings (SSSR count). The van der Waals surface area contributed by atoms with Crippen LogP contribution < -0.4 is 9.47 Å². The Labute approximate surface area is 139 Å². The number of hydrogen-bond donors (Lipinski definition) is 0. The van der Waals surface area contributed by atoms with Crippen molar-refractivity contribution >= 4 is 17.4 Å². The number of aromatic nitrogens is 1. The van der Waals surface area contributed by atoms with Crippen molar-refractivity contribution in [3.8, 4) is 11.5 Å². The van der Waals surface area contributed by atoms with Crippen LogP contribution in [0.2, 0.25) is 5.15 Å². The Morgan fingerprint density at radius 3 is 2.83 bits per heavy atom. The van der Waals surface area contributed by atoms with Crippen molar-refractivity contribution in [2.45, 2.75) is 32.1 Å². The monoisotopic (exact) mass is 329 g/mol. The quantitative estimate of drug-likeness (QED) is 0.745. The van der Waals surface area contributed by atoms with Gasteiger partial charge in [0.15, 0.2) is 17.3 Å². The van der Waals surface area contributed by atoms with Crippen LogP contribution in [-0.4, -0.2) is 17.6 Å². The SMILES string of the molecule is Cc1cc(Cl)nc2c1C(=O)C(C)(c1ccc3c(c1)OCO3)CC2. The Morgan fingerprint density at radius 1 is 1.22 bits per heavy atom. The number of benzene rings is 1. The van der Waals surface area contributed by atoms with E-state index in [2.05, 4.69) is 4.98 Å². The highest BCUT2D eigenvalue weighted by atomic mass is 35.5. The number of halogens is 1. The third kappa shape index (κ3) is 2.12. The second kappa shape index (κ2) is 4.96. The van der Waals surface area contributed by atoms with Gasteiger partial charge in [-0.25, -0.2) is 4.98 Å². The molecule has 1 unspecified atom stereocenters. The van der Waals surface area contributed by atoms with E-state index in [1.54, 1.807) is 6.07 Å². The van der Waals surface area contributed by atoms with Crippen LogP contribution in [0.25, 0.3) is 0 Å². The van der Waals surface area contributed by atoms with Gasteiger partial charge in [0.1, 0.15) is 5.15 Å². The van der Waals surface area contributed by atoms with Crippen molar-refractivity contribution in [2.75, 3.05) is 6.79 Å². The van der Waals surface area contributed by atoms with Gasteiger partial charge in [-0.05, 0) is 56.0 Å². The fraction of sp³-hybridized carbons (Fsp3) is 0.333. The van der Waals surface area contributed by atoms with Crippen LogP contribution in [0, 0.1) is 6.92 Å². The van der Waals surface area contributed by atoms with Crippen molar-refractivity contribution in [3.05, 3.63) is 51.8 Å². The number of nitrogens with zero attached hydrogens (tertiary/aromatic N) is 1. The fourth-order valence-corrected chi connectivity index (χ4v) is 3.73. The van der Waals surface area contributed by atoms with E-state index in [0.29, 0.717) is 22.9 Å². The lowest BCUT2D eigenvalue weighted by Crippen LogP contribution is -2.38. The first-order valence-electron chi connectivity index (χ1n) is 7.60. The lowest BCUT2D eigenvalue weighted by Gasteiger charge is -2.34. The molecule has 0 N–H and O–H groups in total. The maximum atomic E-state index is 13.2. The van der Waals surface area contributed by atoms with Gasteiger partial charge >= 0.3 is 0 Å². The molecular formula is C18H16ClNO3. The molecule has 0 amide bonds. The van der Waals surface area contributed by atoms with E-state index in [-0.39, 0.29) is 12.6 Å². The minimum atomic E-state index is -0.589. The molecule has 4 nitrogen and oxygen atoms in total. The van der Waals surface area contributed by atoms with E-state index in [1.165, 1.54) is 0 Å². The van der Waals surface area contributed by atoms with E-state index in [0.717, 1.165) is 29.0 Å². The number of pyridine rings is 1. The Hall–Kier alpha value is -2.07. The van der Waals surface area contributed by atoms with Gasteiger partial charge in [-0.3, -0.25) is 4.79 Å². The molecule has 2 heterocycles. The van der Waals surface area contributed by atoms with E-state index in [4.69, 9.17) is 21.1 Å². The first-order valence-corrected chi connectivity index (χ1v) is 7.98. The number of carbonyl (C=O) groups is 1. The van der Waals surface area contributed by atoms with Crippen LogP contribution in [0.5, 0.6) is 11.5 Å². The molecule has 0 radical (unpaired) electrons. The van der Waals surface area contributed by atoms with Crippen molar-refractivity contribution in [1.82, 2.24) is 4.98 Å². The largest absolute Gasteiger partial charge is 0.454 e. The number of ketones is 1. The van der Waals surface area contributed by atoms with Gasteiger partial charge in [-0.2, -0.15) is 0 Å². The highest BCUT2D eigenvalue weighted by molar-refractivity contribution is 6.29. The van der Waals surface area contributed by atoms with Crippen LogP contribution in [0.1, 0.15) is 40.5 Å². The van der Waals surface area contributed by atoms with Gasteiger partial charge in [0, 0.05) is 5.56 Å². The molecule has 2 aromatic rings. The van der Waals surface area contributed by atoms with E-state index < -0.39 is 5.41 Å². The van der Waals surface area contributed by atoms with Gasteiger partial charge in [-0.1, -0.05) is 17.7 Å². The molecule has 1 aliphatic heterocycles. The third-order valence-corrected chi connectivity index (χ3v) is 5.05. The number of rotatable bonds is 1. The molecule has 2 aliphatic rings. The van der Waals surface area contributed by atoms with E-state index in [9.17, 15) is 4.79 Å². The van der Waals surface area contributed by atoms with Crippen LogP contribution in [0.15, 0.2) is 24.3 Å². The predicted molar refractivity (Wildman–Crippen MR) is 86.6 cm³/mol. The maximum absolute atomic E-state index is 13.2. The topological polar surface area (TPSA) is 48.4 Å². The molecule has 0 saturated heterocycles. The highest BCUT2D eigenvalue weighted by Gasteiger charge is 2.42. The first-order chi connectivity index (χ1) is 11.0. The van der Waals surface area contributed by atoms with Crippen molar-refractivity contribution < 1.29 is 14.3 Å². The average Bonchev–Trinajstić information content (AvgIpc) is 2.98. The lowest BCUT2D eigenvalue weighted by atomic mass is 9.68. The van der Waals surface area contributed by atoms with E-state index >= 15 is 0 Å². The molecule has 0 spiro atoms. The highest BCUT2D eigenvalue weighted by Crippen LogP contribution is 2.43. The Bertz CT molecular complexity index is 833. The van der Waals surface area contributed by atoms with Gasteiger partial charge in [0.25, 0.3) is 0 Å². The minimum Gasteiger partial charge on any atom is -0.454 e. The van der Waals surface area contributed by atoms with Gasteiger partial charge in [0.2, 0.25) is 6.79 Å². The van der Waals surface area contributed by atoms with Crippen LogP contribution in [-0.2, 0) is 11.8 Å². The summed E-state index contributed by atoms with van der Waals surface area (Å²) in [6.07, 6.45) is 1.43. The maximum Gasteiger partial charge on any atom is 0.231 e. The number of Topliss-reactive ketones (excluding diaryl/α,β-unsaturated/α-hetero) is 1. The zero-order valence-corrected chi connectivity index (χ0v) is 13.7. The van der Waals surface area contributed by atoms with Crippen molar-refractivity contribution in [3.63, 3.8) is 0 Å². The van der Waals surface area contributed by atoms with Crippen LogP contribution in [0.3, 0.4) is 0 Å². The number of aryl methyl sites for hydroxylation is 2. The zero-order chi connectivity index (χ0) is 16.2. The molecule has 118 valence electrons. The summed E-state index contributed by atoms with van der Waals surface area (Å²) < 4.78 is 10.8. The summed E-state index contributed by atoms with van der Waals surface area (Å²) in [5.41, 5.74) is 2.76. The lowest BCUT2D eigenvalue weighted by molar-refractivity contribution is 0.0873. The smallest absolute Gasteiger partial charge is 0.231 e. The molecule has 1 aromatic carbocycles. The minimum absolute atomic E-state index is 0.0966. The molecular weight excluding hydrogens is 314 g/mol. The zero-order valence-electron chi connectivity index (χ0n) is 13.0.